The summed E-state index contributed by atoms with van der Waals surface area (Å²) in [4.78, 5) is 23.7. The number of benzene rings is 2. The summed E-state index contributed by atoms with van der Waals surface area (Å²) in [5, 5.41) is 4.01. The number of alkyl halides is 2. The van der Waals surface area contributed by atoms with E-state index in [2.05, 4.69) is 21.6 Å². The molecule has 1 heterocycles. The molecule has 0 aliphatic carbocycles. The molecule has 2 aromatic rings. The van der Waals surface area contributed by atoms with Crippen molar-refractivity contribution in [1.29, 1.82) is 0 Å². The summed E-state index contributed by atoms with van der Waals surface area (Å²) in [6, 6.07) is 13.2. The van der Waals surface area contributed by atoms with Crippen LogP contribution < -0.4 is 9.64 Å². The number of carbonyl (C=O) groups is 1. The zero-order valence-corrected chi connectivity index (χ0v) is 16.1. The van der Waals surface area contributed by atoms with Crippen molar-refractivity contribution in [3.05, 3.63) is 59.1 Å². The molecule has 0 bridgehead atoms. The van der Waals surface area contributed by atoms with Gasteiger partial charge in [0, 0.05) is 30.4 Å². The summed E-state index contributed by atoms with van der Waals surface area (Å²) < 4.78 is 29.1. The Balaban J connectivity index is 1.73. The van der Waals surface area contributed by atoms with Gasteiger partial charge in [-0.1, -0.05) is 28.9 Å². The number of oxime groups is 1. The Morgan fingerprint density at radius 1 is 1.28 bits per heavy atom. The van der Waals surface area contributed by atoms with Gasteiger partial charge >= 0.3 is 6.61 Å². The second-order valence-corrected chi connectivity index (χ2v) is 6.72. The number of carbonyl (C=O) groups excluding carboxylic acids is 1. The van der Waals surface area contributed by atoms with Crippen LogP contribution in [0, 0.1) is 5.92 Å². The molecule has 29 heavy (non-hydrogen) atoms. The topological polar surface area (TPSA) is 63.5 Å². The van der Waals surface area contributed by atoms with Crippen molar-refractivity contribution in [2.45, 2.75) is 19.6 Å². The van der Waals surface area contributed by atoms with Gasteiger partial charge in [-0.2, -0.15) is 8.78 Å². The first-order chi connectivity index (χ1) is 14.0. The largest absolute Gasteiger partial charge is 0.435 e. The average Bonchev–Trinajstić information content (AvgIpc) is 3.07. The summed E-state index contributed by atoms with van der Waals surface area (Å²) in [6.45, 7) is 0.922. The van der Waals surface area contributed by atoms with Gasteiger partial charge in [-0.05, 0) is 42.0 Å². The summed E-state index contributed by atoms with van der Waals surface area (Å²) >= 11 is 5.90. The van der Waals surface area contributed by atoms with Crippen LogP contribution in [0.15, 0.2) is 58.7 Å². The maximum atomic E-state index is 12.4. The van der Waals surface area contributed by atoms with Crippen molar-refractivity contribution in [1.82, 2.24) is 0 Å². The van der Waals surface area contributed by atoms with Crippen LogP contribution in [-0.4, -0.2) is 31.7 Å². The molecular formula is C20H18ClF2N3O3. The molecule has 6 nitrogen and oxygen atoms in total. The number of ether oxygens (including phenoxy) is 1. The minimum absolute atomic E-state index is 0.0435. The maximum Gasteiger partial charge on any atom is 0.387 e. The highest BCUT2D eigenvalue weighted by Crippen LogP contribution is 2.28. The Morgan fingerprint density at radius 2 is 2.03 bits per heavy atom. The molecule has 2 aromatic carbocycles. The van der Waals surface area contributed by atoms with Gasteiger partial charge in [0.2, 0.25) is 11.8 Å². The van der Waals surface area contributed by atoms with Crippen molar-refractivity contribution in [3.8, 4) is 5.75 Å². The number of anilines is 1. The Hall–Kier alpha value is -3.00. The molecule has 9 heteroatoms. The van der Waals surface area contributed by atoms with E-state index in [9.17, 15) is 13.6 Å². The molecule has 0 aromatic heterocycles. The number of rotatable bonds is 7. The van der Waals surface area contributed by atoms with Crippen molar-refractivity contribution in [2.75, 3.05) is 11.4 Å². The summed E-state index contributed by atoms with van der Waals surface area (Å²) in [6.07, 6.45) is 0.200. The minimum atomic E-state index is -2.90. The smallest absolute Gasteiger partial charge is 0.387 e. The molecular weight excluding hydrogens is 404 g/mol. The number of nitrogens with zero attached hydrogens (tertiary/aromatic N) is 3. The highest BCUT2D eigenvalue weighted by atomic mass is 35.5. The summed E-state index contributed by atoms with van der Waals surface area (Å²) in [7, 11) is 0. The average molecular weight is 422 g/mol. The van der Waals surface area contributed by atoms with E-state index in [1.165, 1.54) is 12.1 Å². The first-order valence-corrected chi connectivity index (χ1v) is 9.11. The molecule has 1 unspecified atom stereocenters. The van der Waals surface area contributed by atoms with Crippen molar-refractivity contribution in [2.24, 2.45) is 16.1 Å². The minimum Gasteiger partial charge on any atom is -0.435 e. The Labute approximate surface area is 171 Å². The fraction of sp³-hybridized carbons (Fsp3) is 0.250. The lowest BCUT2D eigenvalue weighted by Gasteiger charge is -2.17. The molecule has 0 radical (unpaired) electrons. The lowest BCUT2D eigenvalue weighted by atomic mass is 10.1. The lowest BCUT2D eigenvalue weighted by Crippen LogP contribution is -2.26. The monoisotopic (exact) mass is 421 g/mol. The third kappa shape index (κ3) is 5.51. The van der Waals surface area contributed by atoms with Gasteiger partial charge in [0.15, 0.2) is 0 Å². The molecule has 1 fully saturated rings. The third-order valence-corrected chi connectivity index (χ3v) is 4.56. The predicted octanol–water partition coefficient (Wildman–Crippen LogP) is 4.53. The van der Waals surface area contributed by atoms with E-state index >= 15 is 0 Å². The van der Waals surface area contributed by atoms with Gasteiger partial charge in [-0.25, -0.2) is 4.99 Å². The van der Waals surface area contributed by atoms with E-state index in [4.69, 9.17) is 16.4 Å². The molecule has 1 atom stereocenters. The molecule has 1 saturated heterocycles. The fourth-order valence-corrected chi connectivity index (χ4v) is 3.16. The maximum absolute atomic E-state index is 12.4. The highest BCUT2D eigenvalue weighted by Gasteiger charge is 2.35. The van der Waals surface area contributed by atoms with Gasteiger partial charge in [-0.15, -0.1) is 0 Å². The van der Waals surface area contributed by atoms with Crippen LogP contribution in [0.5, 0.6) is 5.75 Å². The standard InChI is InChI=1S/C20H18ClF2N3O3/c1-24-29-19(25-11-13-3-2-4-17(9-13)28-20(22)23)14-10-18(27)26(12-14)16-7-5-15(21)6-8-16/h2-9,14,20H,1,10-12H2. The van der Waals surface area contributed by atoms with Crippen molar-refractivity contribution in [3.63, 3.8) is 0 Å². The lowest BCUT2D eigenvalue weighted by molar-refractivity contribution is -0.117. The fourth-order valence-electron chi connectivity index (χ4n) is 3.03. The SMILES string of the molecule is C=NOC(=NCc1cccc(OC(F)F)c1)C1CC(=O)N(c2ccc(Cl)cc2)C1. The Kier molecular flexibility index (Phi) is 6.77. The number of halogens is 3. The second kappa shape index (κ2) is 9.47. The van der Waals surface area contributed by atoms with E-state index < -0.39 is 6.61 Å². The molecule has 0 saturated carbocycles. The van der Waals surface area contributed by atoms with E-state index in [0.717, 1.165) is 5.69 Å². The van der Waals surface area contributed by atoms with E-state index in [1.807, 2.05) is 0 Å². The number of hydrogen-bond acceptors (Lipinski definition) is 5. The third-order valence-electron chi connectivity index (χ3n) is 4.31. The Morgan fingerprint density at radius 3 is 2.72 bits per heavy atom. The van der Waals surface area contributed by atoms with Crippen LogP contribution in [0.2, 0.25) is 5.02 Å². The van der Waals surface area contributed by atoms with Gasteiger partial charge in [0.05, 0.1) is 12.5 Å². The summed E-state index contributed by atoms with van der Waals surface area (Å²) in [5.41, 5.74) is 1.37. The summed E-state index contributed by atoms with van der Waals surface area (Å²) in [5.74, 6) is -0.0962. The first kappa shape index (κ1) is 20.7. The van der Waals surface area contributed by atoms with Crippen LogP contribution in [0.25, 0.3) is 0 Å². The molecule has 0 N–H and O–H groups in total. The van der Waals surface area contributed by atoms with Gasteiger partial charge in [-0.3, -0.25) is 4.79 Å². The predicted molar refractivity (Wildman–Crippen MR) is 107 cm³/mol. The first-order valence-electron chi connectivity index (χ1n) is 8.73. The van der Waals surface area contributed by atoms with Crippen LogP contribution in [-0.2, 0) is 16.2 Å². The van der Waals surface area contributed by atoms with E-state index in [1.54, 1.807) is 41.3 Å². The van der Waals surface area contributed by atoms with Crippen molar-refractivity contribution >= 4 is 35.8 Å². The zero-order valence-electron chi connectivity index (χ0n) is 15.3. The van der Waals surface area contributed by atoms with E-state index in [-0.39, 0.29) is 36.4 Å². The van der Waals surface area contributed by atoms with Crippen LogP contribution in [0.1, 0.15) is 12.0 Å². The van der Waals surface area contributed by atoms with Crippen LogP contribution in [0.4, 0.5) is 14.5 Å². The molecule has 0 spiro atoms. The molecule has 1 amide bonds. The normalized spacial score (nSPS) is 17.0. The van der Waals surface area contributed by atoms with Crippen LogP contribution in [0.3, 0.4) is 0 Å². The molecule has 1 aliphatic rings. The Bertz CT molecular complexity index is 906. The molecule has 1 aliphatic heterocycles. The second-order valence-electron chi connectivity index (χ2n) is 6.28. The number of aliphatic imine (C=N–C) groups is 1. The number of amides is 1. The van der Waals surface area contributed by atoms with Crippen molar-refractivity contribution < 1.29 is 23.1 Å². The van der Waals surface area contributed by atoms with E-state index in [0.29, 0.717) is 17.1 Å². The quantitative estimate of drug-likeness (QED) is 0.375. The van der Waals surface area contributed by atoms with Gasteiger partial charge < -0.3 is 14.5 Å². The van der Waals surface area contributed by atoms with Gasteiger partial charge in [0.1, 0.15) is 5.75 Å². The molecule has 3 rings (SSSR count). The number of hydrogen-bond donors (Lipinski definition) is 0. The zero-order chi connectivity index (χ0) is 20.8. The molecule has 152 valence electrons. The highest BCUT2D eigenvalue weighted by molar-refractivity contribution is 6.30. The van der Waals surface area contributed by atoms with Gasteiger partial charge in [0.25, 0.3) is 0 Å². The van der Waals surface area contributed by atoms with Crippen LogP contribution >= 0.6 is 11.6 Å².